The van der Waals surface area contributed by atoms with Crippen LogP contribution in [-0.4, -0.2) is 11.1 Å². The first-order valence-corrected chi connectivity index (χ1v) is 5.33. The van der Waals surface area contributed by atoms with Gasteiger partial charge in [-0.05, 0) is 37.0 Å². The second-order valence-corrected chi connectivity index (χ2v) is 4.15. The number of aliphatic hydroxyl groups is 1. The second kappa shape index (κ2) is 4.20. The number of halogens is 1. The first-order chi connectivity index (χ1) is 6.79. The van der Waals surface area contributed by atoms with Gasteiger partial charge in [0.1, 0.15) is 0 Å². The molecule has 0 unspecified atom stereocenters. The summed E-state index contributed by atoms with van der Waals surface area (Å²) in [4.78, 5) is 0. The van der Waals surface area contributed by atoms with E-state index in [2.05, 4.69) is 5.32 Å². The third-order valence-electron chi connectivity index (χ3n) is 2.68. The van der Waals surface area contributed by atoms with Crippen LogP contribution in [0.4, 0.5) is 5.69 Å². The highest BCUT2D eigenvalue weighted by Gasteiger charge is 2.17. The summed E-state index contributed by atoms with van der Waals surface area (Å²) >= 11 is 6.03. The highest BCUT2D eigenvalue weighted by atomic mass is 35.5. The summed E-state index contributed by atoms with van der Waals surface area (Å²) in [6.45, 7) is 0.0660. The van der Waals surface area contributed by atoms with Crippen LogP contribution in [0.15, 0.2) is 18.2 Å². The molecule has 1 saturated carbocycles. The van der Waals surface area contributed by atoms with Gasteiger partial charge in [0.2, 0.25) is 0 Å². The van der Waals surface area contributed by atoms with E-state index in [1.165, 1.54) is 19.3 Å². The van der Waals surface area contributed by atoms with Gasteiger partial charge in [-0.25, -0.2) is 0 Å². The fourth-order valence-electron chi connectivity index (χ4n) is 1.55. The zero-order valence-electron chi connectivity index (χ0n) is 7.96. The number of rotatable bonds is 3. The average molecular weight is 212 g/mol. The van der Waals surface area contributed by atoms with Crippen molar-refractivity contribution in [2.24, 2.45) is 0 Å². The first-order valence-electron chi connectivity index (χ1n) is 4.95. The lowest BCUT2D eigenvalue weighted by Gasteiger charge is -2.28. The number of aliphatic hydroxyl groups excluding tert-OH is 1. The Hall–Kier alpha value is -0.730. The third kappa shape index (κ3) is 2.02. The van der Waals surface area contributed by atoms with E-state index in [9.17, 15) is 0 Å². The number of nitrogens with one attached hydrogen (secondary N) is 1. The lowest BCUT2D eigenvalue weighted by Crippen LogP contribution is -2.27. The summed E-state index contributed by atoms with van der Waals surface area (Å²) in [7, 11) is 0. The molecule has 0 spiro atoms. The predicted octanol–water partition coefficient (Wildman–Crippen LogP) is 2.80. The van der Waals surface area contributed by atoms with Crippen LogP contribution in [0.2, 0.25) is 5.02 Å². The lowest BCUT2D eigenvalue weighted by atomic mass is 9.93. The molecule has 1 aromatic rings. The van der Waals surface area contributed by atoms with E-state index < -0.39 is 0 Å². The maximum Gasteiger partial charge on any atom is 0.0682 e. The standard InChI is InChI=1S/C11H14ClNO/c12-10-5-4-8(7-14)6-11(10)13-9-2-1-3-9/h4-6,9,13-14H,1-3,7H2. The van der Waals surface area contributed by atoms with Crippen molar-refractivity contribution in [3.05, 3.63) is 28.8 Å². The van der Waals surface area contributed by atoms with Crippen LogP contribution in [-0.2, 0) is 6.61 Å². The fraction of sp³-hybridized carbons (Fsp3) is 0.455. The van der Waals surface area contributed by atoms with Crippen molar-refractivity contribution in [1.29, 1.82) is 0 Å². The summed E-state index contributed by atoms with van der Waals surface area (Å²) in [6, 6.07) is 6.16. The van der Waals surface area contributed by atoms with Gasteiger partial charge in [-0.15, -0.1) is 0 Å². The Morgan fingerprint density at radius 1 is 1.43 bits per heavy atom. The molecule has 2 N–H and O–H groups in total. The van der Waals surface area contributed by atoms with Crippen molar-refractivity contribution in [2.75, 3.05) is 5.32 Å². The number of anilines is 1. The van der Waals surface area contributed by atoms with Gasteiger partial charge < -0.3 is 10.4 Å². The molecule has 0 amide bonds. The molecule has 2 nitrogen and oxygen atoms in total. The minimum atomic E-state index is 0.0660. The van der Waals surface area contributed by atoms with Crippen molar-refractivity contribution in [3.8, 4) is 0 Å². The van der Waals surface area contributed by atoms with Crippen LogP contribution in [0, 0.1) is 0 Å². The van der Waals surface area contributed by atoms with Crippen LogP contribution >= 0.6 is 11.6 Å². The quantitative estimate of drug-likeness (QED) is 0.806. The Labute approximate surface area is 88.9 Å². The van der Waals surface area contributed by atoms with E-state index in [4.69, 9.17) is 16.7 Å². The molecule has 76 valence electrons. The molecular formula is C11H14ClNO. The van der Waals surface area contributed by atoms with Crippen molar-refractivity contribution >= 4 is 17.3 Å². The summed E-state index contributed by atoms with van der Waals surface area (Å²) in [6.07, 6.45) is 3.74. The van der Waals surface area contributed by atoms with E-state index in [-0.39, 0.29) is 6.61 Å². The fourth-order valence-corrected chi connectivity index (χ4v) is 1.73. The Bertz CT molecular complexity index is 323. The number of hydrogen-bond acceptors (Lipinski definition) is 2. The molecular weight excluding hydrogens is 198 g/mol. The van der Waals surface area contributed by atoms with E-state index >= 15 is 0 Å². The molecule has 0 radical (unpaired) electrons. The van der Waals surface area contributed by atoms with E-state index in [1.807, 2.05) is 18.2 Å². The highest BCUT2D eigenvalue weighted by Crippen LogP contribution is 2.28. The largest absolute Gasteiger partial charge is 0.392 e. The molecule has 3 heteroatoms. The number of hydrogen-bond donors (Lipinski definition) is 2. The SMILES string of the molecule is OCc1ccc(Cl)c(NC2CCC2)c1. The minimum Gasteiger partial charge on any atom is -0.392 e. The van der Waals surface area contributed by atoms with Crippen molar-refractivity contribution in [3.63, 3.8) is 0 Å². The van der Waals surface area contributed by atoms with E-state index in [0.717, 1.165) is 16.3 Å². The van der Waals surface area contributed by atoms with Gasteiger partial charge in [0.15, 0.2) is 0 Å². The molecule has 0 aliphatic heterocycles. The molecule has 0 bridgehead atoms. The van der Waals surface area contributed by atoms with Crippen molar-refractivity contribution in [1.82, 2.24) is 0 Å². The normalized spacial score (nSPS) is 16.4. The van der Waals surface area contributed by atoms with Crippen LogP contribution in [0.1, 0.15) is 24.8 Å². The average Bonchev–Trinajstić information content (AvgIpc) is 2.14. The maximum absolute atomic E-state index is 8.99. The van der Waals surface area contributed by atoms with Crippen LogP contribution < -0.4 is 5.32 Å². The molecule has 1 aliphatic rings. The first kappa shape index (κ1) is 9.81. The van der Waals surface area contributed by atoms with Gasteiger partial charge >= 0.3 is 0 Å². The summed E-state index contributed by atoms with van der Waals surface area (Å²) in [5.41, 5.74) is 1.85. The molecule has 14 heavy (non-hydrogen) atoms. The van der Waals surface area contributed by atoms with Gasteiger partial charge in [-0.3, -0.25) is 0 Å². The molecule has 0 aromatic heterocycles. The van der Waals surface area contributed by atoms with Crippen molar-refractivity contribution < 1.29 is 5.11 Å². The topological polar surface area (TPSA) is 32.3 Å². The van der Waals surface area contributed by atoms with Gasteiger partial charge in [-0.1, -0.05) is 17.7 Å². The van der Waals surface area contributed by atoms with Gasteiger partial charge in [-0.2, -0.15) is 0 Å². The number of benzene rings is 1. The molecule has 1 fully saturated rings. The lowest BCUT2D eigenvalue weighted by molar-refractivity contribution is 0.282. The Morgan fingerprint density at radius 2 is 2.21 bits per heavy atom. The summed E-state index contributed by atoms with van der Waals surface area (Å²) < 4.78 is 0. The van der Waals surface area contributed by atoms with Gasteiger partial charge in [0.05, 0.1) is 17.3 Å². The second-order valence-electron chi connectivity index (χ2n) is 3.74. The van der Waals surface area contributed by atoms with Crippen LogP contribution in [0.5, 0.6) is 0 Å². The summed E-state index contributed by atoms with van der Waals surface area (Å²) in [5, 5.41) is 13.1. The monoisotopic (exact) mass is 211 g/mol. The maximum atomic E-state index is 8.99. The van der Waals surface area contributed by atoms with Gasteiger partial charge in [0, 0.05) is 6.04 Å². The molecule has 1 aromatic carbocycles. The zero-order chi connectivity index (χ0) is 9.97. The van der Waals surface area contributed by atoms with E-state index in [0.29, 0.717) is 6.04 Å². The molecule has 0 heterocycles. The Morgan fingerprint density at radius 3 is 2.79 bits per heavy atom. The van der Waals surface area contributed by atoms with Crippen molar-refractivity contribution in [2.45, 2.75) is 31.9 Å². The molecule has 0 saturated heterocycles. The molecule has 0 atom stereocenters. The Balaban J connectivity index is 2.13. The molecule has 2 rings (SSSR count). The molecule has 1 aliphatic carbocycles. The van der Waals surface area contributed by atoms with Gasteiger partial charge in [0.25, 0.3) is 0 Å². The third-order valence-corrected chi connectivity index (χ3v) is 3.01. The summed E-state index contributed by atoms with van der Waals surface area (Å²) in [5.74, 6) is 0. The Kier molecular flexibility index (Phi) is 2.94. The van der Waals surface area contributed by atoms with E-state index in [1.54, 1.807) is 0 Å². The highest BCUT2D eigenvalue weighted by molar-refractivity contribution is 6.33. The van der Waals surface area contributed by atoms with Crippen LogP contribution in [0.25, 0.3) is 0 Å². The minimum absolute atomic E-state index is 0.0660. The smallest absolute Gasteiger partial charge is 0.0682 e. The van der Waals surface area contributed by atoms with Crippen LogP contribution in [0.3, 0.4) is 0 Å². The predicted molar refractivity (Wildman–Crippen MR) is 58.6 cm³/mol. The zero-order valence-corrected chi connectivity index (χ0v) is 8.72.